The third kappa shape index (κ3) is 2.38. The first-order valence-corrected chi connectivity index (χ1v) is 3.13. The van der Waals surface area contributed by atoms with Gasteiger partial charge in [0.2, 0.25) is 0 Å². The van der Waals surface area contributed by atoms with Crippen LogP contribution in [-0.2, 0) is 0 Å². The molecule has 11 heavy (non-hydrogen) atoms. The van der Waals surface area contributed by atoms with Gasteiger partial charge in [-0.2, -0.15) is 0 Å². The van der Waals surface area contributed by atoms with E-state index in [0.29, 0.717) is 5.56 Å². The molecule has 0 fully saturated rings. The Balaban J connectivity index is 2.87. The smallest absolute Gasteiger partial charge is 0.150 e. The minimum absolute atomic E-state index is 0.351. The highest BCUT2D eigenvalue weighted by molar-refractivity contribution is 5.34. The van der Waals surface area contributed by atoms with Gasteiger partial charge in [-0.1, -0.05) is 17.9 Å². The lowest BCUT2D eigenvalue weighted by Crippen LogP contribution is -1.76. The molecule has 0 spiro atoms. The average molecular weight is 152 g/mol. The van der Waals surface area contributed by atoms with E-state index >= 15 is 0 Å². The summed E-state index contributed by atoms with van der Waals surface area (Å²) in [6.45, 7) is -0.698. The highest BCUT2D eigenvalue weighted by Gasteiger charge is 1.88. The van der Waals surface area contributed by atoms with E-state index in [1.165, 1.54) is 18.2 Å². The average Bonchev–Trinajstić information content (AvgIpc) is 2.01. The highest BCUT2D eigenvalue weighted by Crippen LogP contribution is 2.00. The number of halogens is 2. The van der Waals surface area contributed by atoms with Crippen molar-refractivity contribution < 1.29 is 8.78 Å². The van der Waals surface area contributed by atoms with Crippen LogP contribution < -0.4 is 0 Å². The number of hydrogen-bond donors (Lipinski definition) is 0. The van der Waals surface area contributed by atoms with Gasteiger partial charge in [0.1, 0.15) is 5.82 Å². The van der Waals surface area contributed by atoms with Crippen molar-refractivity contribution in [1.29, 1.82) is 0 Å². The van der Waals surface area contributed by atoms with Crippen molar-refractivity contribution in [2.75, 3.05) is 6.67 Å². The second kappa shape index (κ2) is 3.72. The number of rotatable bonds is 0. The van der Waals surface area contributed by atoms with Gasteiger partial charge in [0.05, 0.1) is 0 Å². The van der Waals surface area contributed by atoms with Crippen molar-refractivity contribution >= 4 is 0 Å². The van der Waals surface area contributed by atoms with Crippen LogP contribution in [0.3, 0.4) is 0 Å². The fourth-order valence-corrected chi connectivity index (χ4v) is 0.702. The Morgan fingerprint density at radius 1 is 1.36 bits per heavy atom. The van der Waals surface area contributed by atoms with Crippen LogP contribution in [0.1, 0.15) is 5.56 Å². The van der Waals surface area contributed by atoms with Gasteiger partial charge in [-0.3, -0.25) is 0 Å². The number of hydrogen-bond acceptors (Lipinski definition) is 0. The maximum Gasteiger partial charge on any atom is 0.150 e. The molecule has 0 heterocycles. The van der Waals surface area contributed by atoms with Gasteiger partial charge in [-0.15, -0.1) is 0 Å². The molecule has 0 amide bonds. The summed E-state index contributed by atoms with van der Waals surface area (Å²) in [5.41, 5.74) is 0.502. The van der Waals surface area contributed by atoms with Crippen molar-refractivity contribution in [3.8, 4) is 11.8 Å². The van der Waals surface area contributed by atoms with E-state index in [9.17, 15) is 8.78 Å². The third-order valence-corrected chi connectivity index (χ3v) is 1.12. The summed E-state index contributed by atoms with van der Waals surface area (Å²) < 4.78 is 23.9. The van der Waals surface area contributed by atoms with E-state index in [0.717, 1.165) is 0 Å². The molecule has 0 saturated carbocycles. The van der Waals surface area contributed by atoms with E-state index in [4.69, 9.17) is 0 Å². The van der Waals surface area contributed by atoms with E-state index in [1.807, 2.05) is 0 Å². The predicted octanol–water partition coefficient (Wildman–Crippen LogP) is 2.15. The zero-order chi connectivity index (χ0) is 8.10. The van der Waals surface area contributed by atoms with Crippen LogP contribution >= 0.6 is 0 Å². The molecule has 0 bridgehead atoms. The van der Waals surface area contributed by atoms with Crippen LogP contribution in [0.15, 0.2) is 24.3 Å². The summed E-state index contributed by atoms with van der Waals surface area (Å²) in [6.07, 6.45) is 0. The molecule has 2 heteroatoms. The zero-order valence-corrected chi connectivity index (χ0v) is 5.77. The first-order chi connectivity index (χ1) is 5.33. The van der Waals surface area contributed by atoms with Gasteiger partial charge >= 0.3 is 0 Å². The Morgan fingerprint density at radius 2 is 2.18 bits per heavy atom. The topological polar surface area (TPSA) is 0 Å². The van der Waals surface area contributed by atoms with E-state index in [1.54, 1.807) is 6.07 Å². The summed E-state index contributed by atoms with van der Waals surface area (Å²) >= 11 is 0. The maximum absolute atomic E-state index is 12.4. The molecule has 0 saturated heterocycles. The summed E-state index contributed by atoms with van der Waals surface area (Å²) in [7, 11) is 0. The molecular weight excluding hydrogens is 146 g/mol. The third-order valence-electron chi connectivity index (χ3n) is 1.12. The van der Waals surface area contributed by atoms with Crippen LogP contribution in [0.5, 0.6) is 0 Å². The van der Waals surface area contributed by atoms with Crippen molar-refractivity contribution in [2.24, 2.45) is 0 Å². The van der Waals surface area contributed by atoms with Crippen molar-refractivity contribution in [2.45, 2.75) is 0 Å². The lowest BCUT2D eigenvalue weighted by Gasteiger charge is -1.88. The predicted molar refractivity (Wildman–Crippen MR) is 39.3 cm³/mol. The van der Waals surface area contributed by atoms with Crippen LogP contribution in [0.4, 0.5) is 8.78 Å². The molecule has 0 aromatic heterocycles. The summed E-state index contributed by atoms with van der Waals surface area (Å²) in [5.74, 6) is 4.33. The number of benzene rings is 1. The summed E-state index contributed by atoms with van der Waals surface area (Å²) in [5, 5.41) is 0. The molecule has 0 atom stereocenters. The van der Waals surface area contributed by atoms with Crippen LogP contribution in [0.25, 0.3) is 0 Å². The molecule has 0 aliphatic heterocycles. The quantitative estimate of drug-likeness (QED) is 0.499. The molecule has 0 aliphatic rings. The van der Waals surface area contributed by atoms with E-state index in [2.05, 4.69) is 11.8 Å². The van der Waals surface area contributed by atoms with Gasteiger partial charge in [-0.05, 0) is 18.2 Å². The zero-order valence-electron chi connectivity index (χ0n) is 5.77. The van der Waals surface area contributed by atoms with Gasteiger partial charge in [0.25, 0.3) is 0 Å². The van der Waals surface area contributed by atoms with Gasteiger partial charge in [0.15, 0.2) is 6.67 Å². The van der Waals surface area contributed by atoms with Gasteiger partial charge < -0.3 is 0 Å². The van der Waals surface area contributed by atoms with Crippen LogP contribution in [0, 0.1) is 17.7 Å². The molecule has 56 valence electrons. The molecule has 0 unspecified atom stereocenters. The Morgan fingerprint density at radius 3 is 2.82 bits per heavy atom. The minimum Gasteiger partial charge on any atom is -0.237 e. The number of alkyl halides is 1. The maximum atomic E-state index is 12.4. The molecule has 0 nitrogen and oxygen atoms in total. The molecule has 1 rings (SSSR count). The monoisotopic (exact) mass is 152 g/mol. The fourth-order valence-electron chi connectivity index (χ4n) is 0.702. The Bertz CT molecular complexity index is 294. The van der Waals surface area contributed by atoms with Crippen molar-refractivity contribution in [3.05, 3.63) is 35.6 Å². The SMILES string of the molecule is FCC#Cc1cccc(F)c1. The van der Waals surface area contributed by atoms with Crippen molar-refractivity contribution in [1.82, 2.24) is 0 Å². The molecule has 1 aromatic carbocycles. The summed E-state index contributed by atoms with van der Waals surface area (Å²) in [4.78, 5) is 0. The van der Waals surface area contributed by atoms with Gasteiger partial charge in [0, 0.05) is 5.56 Å². The molecule has 0 radical (unpaired) electrons. The first kappa shape index (κ1) is 7.74. The van der Waals surface area contributed by atoms with E-state index in [-0.39, 0.29) is 5.82 Å². The minimum atomic E-state index is -0.698. The molecule has 0 aliphatic carbocycles. The lowest BCUT2D eigenvalue weighted by atomic mass is 10.2. The molecular formula is C9H6F2. The lowest BCUT2D eigenvalue weighted by molar-refractivity contribution is 0.573. The first-order valence-electron chi connectivity index (χ1n) is 3.13. The second-order valence-electron chi connectivity index (χ2n) is 1.95. The largest absolute Gasteiger partial charge is 0.237 e. The van der Waals surface area contributed by atoms with Crippen LogP contribution in [-0.4, -0.2) is 6.67 Å². The molecule has 1 aromatic rings. The van der Waals surface area contributed by atoms with Gasteiger partial charge in [-0.25, -0.2) is 8.78 Å². The Labute approximate surface area is 63.9 Å². The summed E-state index contributed by atoms with van der Waals surface area (Å²) in [6, 6.07) is 5.76. The Hall–Kier alpha value is -1.36. The van der Waals surface area contributed by atoms with E-state index < -0.39 is 6.67 Å². The highest BCUT2D eigenvalue weighted by atomic mass is 19.1. The van der Waals surface area contributed by atoms with Crippen LogP contribution in [0.2, 0.25) is 0 Å². The second-order valence-corrected chi connectivity index (χ2v) is 1.95. The standard InChI is InChI=1S/C9H6F2/c10-6-2-4-8-3-1-5-9(11)7-8/h1,3,5,7H,6H2. The fraction of sp³-hybridized carbons (Fsp3) is 0.111. The Kier molecular flexibility index (Phi) is 2.62. The normalized spacial score (nSPS) is 8.55. The van der Waals surface area contributed by atoms with Crippen molar-refractivity contribution in [3.63, 3.8) is 0 Å². The molecule has 0 N–H and O–H groups in total.